The number of hydrogen-bond acceptors (Lipinski definition) is 2. The molecule has 0 fully saturated rings. The summed E-state index contributed by atoms with van der Waals surface area (Å²) in [5, 5.41) is 0. The summed E-state index contributed by atoms with van der Waals surface area (Å²) < 4.78 is 24.8. The van der Waals surface area contributed by atoms with Gasteiger partial charge in [0, 0.05) is 0 Å². The van der Waals surface area contributed by atoms with Gasteiger partial charge in [-0.3, -0.25) is 0 Å². The van der Waals surface area contributed by atoms with Gasteiger partial charge in [-0.15, -0.1) is 0 Å². The lowest BCUT2D eigenvalue weighted by Crippen LogP contribution is -2.07. The maximum atomic E-state index is 12.4. The highest BCUT2D eigenvalue weighted by atomic mass is 32.2. The van der Waals surface area contributed by atoms with Gasteiger partial charge in [0.25, 0.3) is 0 Å². The lowest BCUT2D eigenvalue weighted by atomic mass is 10.0. The van der Waals surface area contributed by atoms with Gasteiger partial charge in [0.15, 0.2) is 9.84 Å². The highest BCUT2D eigenvalue weighted by molar-refractivity contribution is 7.89. The SMILES string of the molecule is Cc1ccc(CS(=O)(=O)Cc2ccc(-c3ccccc3)cc2)cc1. The van der Waals surface area contributed by atoms with Crippen molar-refractivity contribution in [3.05, 3.63) is 95.6 Å². The van der Waals surface area contributed by atoms with Gasteiger partial charge in [-0.05, 0) is 29.2 Å². The van der Waals surface area contributed by atoms with Crippen molar-refractivity contribution in [2.75, 3.05) is 0 Å². The van der Waals surface area contributed by atoms with Crippen LogP contribution < -0.4 is 0 Å². The molecule has 3 aromatic carbocycles. The van der Waals surface area contributed by atoms with Gasteiger partial charge in [-0.2, -0.15) is 0 Å². The Bertz CT molecular complexity index is 894. The van der Waals surface area contributed by atoms with Crippen LogP contribution in [0.15, 0.2) is 78.9 Å². The first-order chi connectivity index (χ1) is 11.5. The molecule has 0 aliphatic heterocycles. The molecule has 3 aromatic rings. The summed E-state index contributed by atoms with van der Waals surface area (Å²) in [6.07, 6.45) is 0. The van der Waals surface area contributed by atoms with Crippen LogP contribution in [0.5, 0.6) is 0 Å². The van der Waals surface area contributed by atoms with Crippen molar-refractivity contribution in [2.45, 2.75) is 18.4 Å². The third-order valence-electron chi connectivity index (χ3n) is 3.95. The average molecular weight is 336 g/mol. The Morgan fingerprint density at radius 1 is 0.625 bits per heavy atom. The summed E-state index contributed by atoms with van der Waals surface area (Å²) in [6.45, 7) is 1.99. The summed E-state index contributed by atoms with van der Waals surface area (Å²) in [4.78, 5) is 0. The van der Waals surface area contributed by atoms with Crippen molar-refractivity contribution in [1.82, 2.24) is 0 Å². The van der Waals surface area contributed by atoms with Crippen LogP contribution in [0, 0.1) is 6.92 Å². The predicted octanol–water partition coefficient (Wildman–Crippen LogP) is 4.78. The monoisotopic (exact) mass is 336 g/mol. The zero-order chi connectivity index (χ0) is 17.0. The third-order valence-corrected chi connectivity index (χ3v) is 5.50. The molecule has 0 aliphatic carbocycles. The maximum absolute atomic E-state index is 12.4. The molecule has 0 aliphatic rings. The predicted molar refractivity (Wildman–Crippen MR) is 99.4 cm³/mol. The Morgan fingerprint density at radius 2 is 1.08 bits per heavy atom. The Labute approximate surface area is 143 Å². The molecule has 0 radical (unpaired) electrons. The molecule has 0 saturated carbocycles. The van der Waals surface area contributed by atoms with Crippen molar-refractivity contribution in [1.29, 1.82) is 0 Å². The van der Waals surface area contributed by atoms with E-state index in [-0.39, 0.29) is 11.5 Å². The molecule has 0 N–H and O–H groups in total. The molecular formula is C21H20O2S. The Kier molecular flexibility index (Phi) is 4.81. The molecule has 0 saturated heterocycles. The maximum Gasteiger partial charge on any atom is 0.158 e. The van der Waals surface area contributed by atoms with Crippen LogP contribution in [0.4, 0.5) is 0 Å². The second-order valence-corrected chi connectivity index (χ2v) is 8.15. The fourth-order valence-electron chi connectivity index (χ4n) is 2.67. The van der Waals surface area contributed by atoms with Gasteiger partial charge in [0.2, 0.25) is 0 Å². The quantitative estimate of drug-likeness (QED) is 0.672. The first-order valence-electron chi connectivity index (χ1n) is 7.92. The summed E-state index contributed by atoms with van der Waals surface area (Å²) in [5.74, 6) is 0.143. The minimum atomic E-state index is -3.18. The second kappa shape index (κ2) is 7.02. The van der Waals surface area contributed by atoms with Gasteiger partial charge in [0.1, 0.15) is 0 Å². The first-order valence-corrected chi connectivity index (χ1v) is 9.74. The van der Waals surface area contributed by atoms with E-state index in [2.05, 4.69) is 0 Å². The van der Waals surface area contributed by atoms with Gasteiger partial charge in [-0.25, -0.2) is 8.42 Å². The zero-order valence-electron chi connectivity index (χ0n) is 13.6. The van der Waals surface area contributed by atoms with Crippen molar-refractivity contribution in [2.24, 2.45) is 0 Å². The van der Waals surface area contributed by atoms with E-state index in [1.165, 1.54) is 0 Å². The van der Waals surface area contributed by atoms with Crippen molar-refractivity contribution < 1.29 is 8.42 Å². The Morgan fingerprint density at radius 3 is 1.62 bits per heavy atom. The smallest absolute Gasteiger partial charge is 0.158 e. The summed E-state index contributed by atoms with van der Waals surface area (Å²) >= 11 is 0. The number of sulfone groups is 1. The minimum absolute atomic E-state index is 0.0654. The van der Waals surface area contributed by atoms with Gasteiger partial charge in [0.05, 0.1) is 11.5 Å². The van der Waals surface area contributed by atoms with Crippen LogP contribution in [-0.4, -0.2) is 8.42 Å². The highest BCUT2D eigenvalue weighted by Crippen LogP contribution is 2.20. The Hall–Kier alpha value is -2.39. The van der Waals surface area contributed by atoms with Crippen LogP contribution >= 0.6 is 0 Å². The van der Waals surface area contributed by atoms with Crippen molar-refractivity contribution in [3.8, 4) is 11.1 Å². The fourth-order valence-corrected chi connectivity index (χ4v) is 4.17. The first kappa shape index (κ1) is 16.5. The molecular weight excluding hydrogens is 316 g/mol. The van der Waals surface area contributed by atoms with Crippen LogP contribution in [0.25, 0.3) is 11.1 Å². The van der Waals surface area contributed by atoms with Crippen LogP contribution in [0.2, 0.25) is 0 Å². The van der Waals surface area contributed by atoms with E-state index in [1.807, 2.05) is 85.8 Å². The summed E-state index contributed by atoms with van der Waals surface area (Å²) in [5.41, 5.74) is 5.01. The second-order valence-electron chi connectivity index (χ2n) is 6.08. The normalized spacial score (nSPS) is 11.4. The van der Waals surface area contributed by atoms with E-state index in [9.17, 15) is 8.42 Å². The lowest BCUT2D eigenvalue weighted by molar-refractivity contribution is 0.594. The number of aryl methyl sites for hydroxylation is 1. The van der Waals surface area contributed by atoms with E-state index in [1.54, 1.807) is 0 Å². The molecule has 24 heavy (non-hydrogen) atoms. The van der Waals surface area contributed by atoms with Crippen molar-refractivity contribution in [3.63, 3.8) is 0 Å². The molecule has 0 heterocycles. The molecule has 3 rings (SSSR count). The van der Waals surface area contributed by atoms with Gasteiger partial charge >= 0.3 is 0 Å². The zero-order valence-corrected chi connectivity index (χ0v) is 14.5. The van der Waals surface area contributed by atoms with Gasteiger partial charge in [-0.1, -0.05) is 84.4 Å². The Balaban J connectivity index is 1.72. The van der Waals surface area contributed by atoms with E-state index < -0.39 is 9.84 Å². The number of rotatable bonds is 5. The lowest BCUT2D eigenvalue weighted by Gasteiger charge is -2.07. The number of benzene rings is 3. The molecule has 0 aromatic heterocycles. The molecule has 0 amide bonds. The highest BCUT2D eigenvalue weighted by Gasteiger charge is 2.13. The number of hydrogen-bond donors (Lipinski definition) is 0. The van der Waals surface area contributed by atoms with Crippen LogP contribution in [0.1, 0.15) is 16.7 Å². The van der Waals surface area contributed by atoms with Crippen LogP contribution in [-0.2, 0) is 21.3 Å². The van der Waals surface area contributed by atoms with E-state index >= 15 is 0 Å². The molecule has 0 unspecified atom stereocenters. The third kappa shape index (κ3) is 4.33. The van der Waals surface area contributed by atoms with Crippen LogP contribution in [0.3, 0.4) is 0 Å². The largest absolute Gasteiger partial charge is 0.228 e. The minimum Gasteiger partial charge on any atom is -0.228 e. The molecule has 122 valence electrons. The molecule has 2 nitrogen and oxygen atoms in total. The van der Waals surface area contributed by atoms with E-state index in [0.717, 1.165) is 27.8 Å². The van der Waals surface area contributed by atoms with Gasteiger partial charge < -0.3 is 0 Å². The average Bonchev–Trinajstić information content (AvgIpc) is 2.58. The topological polar surface area (TPSA) is 34.1 Å². The molecule has 3 heteroatoms. The summed E-state index contributed by atoms with van der Waals surface area (Å²) in [7, 11) is -3.18. The summed E-state index contributed by atoms with van der Waals surface area (Å²) in [6, 6.07) is 25.5. The molecule has 0 spiro atoms. The van der Waals surface area contributed by atoms with E-state index in [4.69, 9.17) is 0 Å². The molecule has 0 atom stereocenters. The molecule has 0 bridgehead atoms. The van der Waals surface area contributed by atoms with E-state index in [0.29, 0.717) is 0 Å². The van der Waals surface area contributed by atoms with Crippen molar-refractivity contribution >= 4 is 9.84 Å². The standard InChI is InChI=1S/C21H20O2S/c1-17-7-9-18(10-8-17)15-24(22,23)16-19-11-13-21(14-12-19)20-5-3-2-4-6-20/h2-14H,15-16H2,1H3. The fraction of sp³-hybridized carbons (Fsp3) is 0.143.